The third-order valence-corrected chi connectivity index (χ3v) is 6.82. The molecule has 0 aromatic heterocycles. The second-order valence-corrected chi connectivity index (χ2v) is 8.63. The van der Waals surface area contributed by atoms with Gasteiger partial charge in [0.2, 0.25) is 0 Å². The Hall–Kier alpha value is -2.83. The fourth-order valence-electron chi connectivity index (χ4n) is 3.38. The number of nitrogens with zero attached hydrogens (tertiary/aromatic N) is 1. The number of benzene rings is 3. The molecule has 0 radical (unpaired) electrons. The molecule has 0 fully saturated rings. The topological polar surface area (TPSA) is 66.5 Å². The Labute approximate surface area is 168 Å². The summed E-state index contributed by atoms with van der Waals surface area (Å²) in [5.74, 6) is -0.293. The lowest BCUT2D eigenvalue weighted by Gasteiger charge is -2.31. The molecular formula is C21H17ClN2O3S. The van der Waals surface area contributed by atoms with Crippen LogP contribution in [0.15, 0.2) is 71.6 Å². The molecular weight excluding hydrogens is 396 g/mol. The molecule has 0 aliphatic carbocycles. The maximum atomic E-state index is 12.9. The van der Waals surface area contributed by atoms with E-state index in [1.54, 1.807) is 73.7 Å². The first kappa shape index (κ1) is 18.5. The molecule has 1 amide bonds. The van der Waals surface area contributed by atoms with Crippen LogP contribution in [0.2, 0.25) is 5.02 Å². The number of nitrogens with one attached hydrogen (secondary N) is 1. The SMILES string of the molecule is CCN1c2ccc(C(=O)Nc3cccc(Cl)c3)cc2-c2ccccc2S1(=O)=O. The molecule has 0 saturated heterocycles. The van der Waals surface area contributed by atoms with Gasteiger partial charge >= 0.3 is 0 Å². The van der Waals surface area contributed by atoms with Crippen molar-refractivity contribution >= 4 is 38.9 Å². The van der Waals surface area contributed by atoms with Crippen molar-refractivity contribution in [3.8, 4) is 11.1 Å². The Balaban J connectivity index is 1.79. The minimum absolute atomic E-state index is 0.247. The third-order valence-electron chi connectivity index (χ3n) is 4.64. The van der Waals surface area contributed by atoms with Crippen LogP contribution in [-0.2, 0) is 10.0 Å². The van der Waals surface area contributed by atoms with Gasteiger partial charge in [-0.3, -0.25) is 9.10 Å². The number of carbonyl (C=O) groups excluding carboxylic acids is 1. The van der Waals surface area contributed by atoms with E-state index in [0.29, 0.717) is 39.6 Å². The first-order chi connectivity index (χ1) is 13.4. The second-order valence-electron chi connectivity index (χ2n) is 6.36. The molecule has 0 atom stereocenters. The van der Waals surface area contributed by atoms with Crippen LogP contribution < -0.4 is 9.62 Å². The van der Waals surface area contributed by atoms with Crippen LogP contribution in [0.3, 0.4) is 0 Å². The molecule has 7 heteroatoms. The van der Waals surface area contributed by atoms with E-state index in [1.165, 1.54) is 4.31 Å². The zero-order valence-electron chi connectivity index (χ0n) is 15.0. The van der Waals surface area contributed by atoms with Gasteiger partial charge in [-0.2, -0.15) is 0 Å². The number of carbonyl (C=O) groups is 1. The van der Waals surface area contributed by atoms with Crippen molar-refractivity contribution in [1.82, 2.24) is 0 Å². The zero-order chi connectivity index (χ0) is 19.9. The number of rotatable bonds is 3. The minimum atomic E-state index is -3.61. The van der Waals surface area contributed by atoms with E-state index in [-0.39, 0.29) is 10.8 Å². The van der Waals surface area contributed by atoms with Crippen LogP contribution in [-0.4, -0.2) is 20.9 Å². The molecule has 142 valence electrons. The van der Waals surface area contributed by atoms with Gasteiger partial charge in [-0.15, -0.1) is 0 Å². The zero-order valence-corrected chi connectivity index (χ0v) is 16.6. The van der Waals surface area contributed by atoms with E-state index in [0.717, 1.165) is 0 Å². The standard InChI is InChI=1S/C21H17ClN2O3S/c1-2-24-19-11-10-14(21(25)23-16-7-5-6-15(22)13-16)12-18(19)17-8-3-4-9-20(17)28(24,26)27/h3-13H,2H2,1H3,(H,23,25). The van der Waals surface area contributed by atoms with E-state index in [4.69, 9.17) is 11.6 Å². The van der Waals surface area contributed by atoms with E-state index in [9.17, 15) is 13.2 Å². The summed E-state index contributed by atoms with van der Waals surface area (Å²) in [5, 5.41) is 3.34. The number of amides is 1. The highest BCUT2D eigenvalue weighted by atomic mass is 35.5. The summed E-state index contributed by atoms with van der Waals surface area (Å²) in [4.78, 5) is 13.0. The molecule has 5 nitrogen and oxygen atoms in total. The van der Waals surface area contributed by atoms with E-state index in [2.05, 4.69) is 5.32 Å². The Morgan fingerprint density at radius 3 is 2.54 bits per heavy atom. The predicted octanol–water partition coefficient (Wildman–Crippen LogP) is 4.79. The van der Waals surface area contributed by atoms with Gasteiger partial charge in [0, 0.05) is 33.9 Å². The van der Waals surface area contributed by atoms with Gasteiger partial charge in [-0.25, -0.2) is 8.42 Å². The van der Waals surface area contributed by atoms with Gasteiger partial charge in [-0.1, -0.05) is 35.9 Å². The summed E-state index contributed by atoms with van der Waals surface area (Å²) in [6, 6.07) is 18.8. The number of fused-ring (bicyclic) bond motifs is 3. The highest BCUT2D eigenvalue weighted by Crippen LogP contribution is 2.43. The molecule has 0 saturated carbocycles. The predicted molar refractivity (Wildman–Crippen MR) is 111 cm³/mol. The number of sulfonamides is 1. The number of halogens is 1. The maximum Gasteiger partial charge on any atom is 0.264 e. The van der Waals surface area contributed by atoms with E-state index < -0.39 is 10.0 Å². The molecule has 1 aliphatic rings. The first-order valence-electron chi connectivity index (χ1n) is 8.75. The maximum absolute atomic E-state index is 12.9. The van der Waals surface area contributed by atoms with Crippen LogP contribution in [0.25, 0.3) is 11.1 Å². The molecule has 0 bridgehead atoms. The molecule has 4 rings (SSSR count). The quantitative estimate of drug-likeness (QED) is 0.672. The lowest BCUT2D eigenvalue weighted by atomic mass is 10.00. The molecule has 1 N–H and O–H groups in total. The van der Waals surface area contributed by atoms with E-state index in [1.807, 2.05) is 0 Å². The van der Waals surface area contributed by atoms with Gasteiger partial charge in [0.25, 0.3) is 15.9 Å². The molecule has 1 heterocycles. The third kappa shape index (κ3) is 3.04. The van der Waals surface area contributed by atoms with Crippen LogP contribution >= 0.6 is 11.6 Å². The minimum Gasteiger partial charge on any atom is -0.322 e. The van der Waals surface area contributed by atoms with Crippen molar-refractivity contribution in [2.75, 3.05) is 16.2 Å². The largest absolute Gasteiger partial charge is 0.322 e. The average Bonchev–Trinajstić information content (AvgIpc) is 2.68. The summed E-state index contributed by atoms with van der Waals surface area (Å²) in [7, 11) is -3.61. The van der Waals surface area contributed by atoms with Crippen molar-refractivity contribution in [1.29, 1.82) is 0 Å². The highest BCUT2D eigenvalue weighted by molar-refractivity contribution is 7.93. The monoisotopic (exact) mass is 412 g/mol. The van der Waals surface area contributed by atoms with Crippen molar-refractivity contribution in [2.24, 2.45) is 0 Å². The van der Waals surface area contributed by atoms with Crippen LogP contribution in [0.4, 0.5) is 11.4 Å². The summed E-state index contributed by atoms with van der Waals surface area (Å²) in [5.41, 5.74) is 2.91. The smallest absolute Gasteiger partial charge is 0.264 e. The van der Waals surface area contributed by atoms with E-state index >= 15 is 0 Å². The number of hydrogen-bond donors (Lipinski definition) is 1. The van der Waals surface area contributed by atoms with Crippen LogP contribution in [0.5, 0.6) is 0 Å². The summed E-state index contributed by atoms with van der Waals surface area (Å²) in [6.07, 6.45) is 0. The normalized spacial score (nSPS) is 14.1. The average molecular weight is 413 g/mol. The van der Waals surface area contributed by atoms with Gasteiger partial charge in [0.15, 0.2) is 0 Å². The van der Waals surface area contributed by atoms with Crippen molar-refractivity contribution in [3.63, 3.8) is 0 Å². The highest BCUT2D eigenvalue weighted by Gasteiger charge is 2.34. The van der Waals surface area contributed by atoms with Gasteiger partial charge in [0.1, 0.15) is 0 Å². The van der Waals surface area contributed by atoms with Gasteiger partial charge in [0.05, 0.1) is 10.6 Å². The Morgan fingerprint density at radius 1 is 1.00 bits per heavy atom. The summed E-state index contributed by atoms with van der Waals surface area (Å²) >= 11 is 5.97. The molecule has 0 unspecified atom stereocenters. The van der Waals surface area contributed by atoms with Crippen LogP contribution in [0, 0.1) is 0 Å². The van der Waals surface area contributed by atoms with Gasteiger partial charge in [-0.05, 0) is 49.4 Å². The number of anilines is 2. The summed E-state index contributed by atoms with van der Waals surface area (Å²) < 4.78 is 27.2. The lowest BCUT2D eigenvalue weighted by molar-refractivity contribution is 0.102. The Morgan fingerprint density at radius 2 is 1.79 bits per heavy atom. The van der Waals surface area contributed by atoms with Crippen LogP contribution in [0.1, 0.15) is 17.3 Å². The number of hydrogen-bond acceptors (Lipinski definition) is 3. The lowest BCUT2D eigenvalue weighted by Crippen LogP contribution is -2.34. The molecule has 3 aromatic rings. The fraction of sp³-hybridized carbons (Fsp3) is 0.0952. The fourth-order valence-corrected chi connectivity index (χ4v) is 5.27. The van der Waals surface area contributed by atoms with Crippen molar-refractivity contribution < 1.29 is 13.2 Å². The second kappa shape index (κ2) is 6.96. The first-order valence-corrected chi connectivity index (χ1v) is 10.6. The molecule has 0 spiro atoms. The van der Waals surface area contributed by atoms with Gasteiger partial charge < -0.3 is 5.32 Å². The van der Waals surface area contributed by atoms with Crippen molar-refractivity contribution in [3.05, 3.63) is 77.3 Å². The Bertz CT molecular complexity index is 1190. The molecule has 1 aliphatic heterocycles. The Kier molecular flexibility index (Phi) is 4.61. The van der Waals surface area contributed by atoms with Crippen molar-refractivity contribution in [2.45, 2.75) is 11.8 Å². The molecule has 3 aromatic carbocycles. The summed E-state index contributed by atoms with van der Waals surface area (Å²) in [6.45, 7) is 2.09. The molecule has 28 heavy (non-hydrogen) atoms.